The van der Waals surface area contributed by atoms with Gasteiger partial charge in [0.05, 0.1) is 0 Å². The van der Waals surface area contributed by atoms with Gasteiger partial charge in [0.25, 0.3) is 5.91 Å². The molecule has 0 spiro atoms. The highest BCUT2D eigenvalue weighted by atomic mass is 32.1. The first-order chi connectivity index (χ1) is 8.97. The number of nitrogen functional groups attached to an aromatic ring is 1. The molecule has 1 aliphatic rings. The van der Waals surface area contributed by atoms with Crippen molar-refractivity contribution in [2.24, 2.45) is 5.73 Å². The van der Waals surface area contributed by atoms with E-state index in [-0.39, 0.29) is 17.8 Å². The Hall–Kier alpha value is -1.60. The number of nitrogens with two attached hydrogens (primary N) is 2. The second-order valence-corrected chi connectivity index (χ2v) is 5.82. The molecular weight excluding hydrogens is 262 g/mol. The van der Waals surface area contributed by atoms with Crippen LogP contribution in [0.4, 0.5) is 10.9 Å². The summed E-state index contributed by atoms with van der Waals surface area (Å²) in [5, 5.41) is 3.53. The minimum atomic E-state index is -0.201. The van der Waals surface area contributed by atoms with Crippen molar-refractivity contribution in [3.8, 4) is 0 Å². The highest BCUT2D eigenvalue weighted by Crippen LogP contribution is 2.30. The Morgan fingerprint density at radius 1 is 1.68 bits per heavy atom. The summed E-state index contributed by atoms with van der Waals surface area (Å²) in [4.78, 5) is 18.7. The third kappa shape index (κ3) is 3.24. The predicted octanol–water partition coefficient (Wildman–Crippen LogP) is 0.569. The molecule has 1 aliphatic heterocycles. The molecule has 6 nitrogen and oxygen atoms in total. The number of hydrogen-bond acceptors (Lipinski definition) is 6. The van der Waals surface area contributed by atoms with Crippen LogP contribution in [0.3, 0.4) is 0 Å². The molecule has 1 atom stereocenters. The average molecular weight is 281 g/mol. The first kappa shape index (κ1) is 13.8. The second-order valence-electron chi connectivity index (χ2n) is 4.85. The van der Waals surface area contributed by atoms with Gasteiger partial charge < -0.3 is 21.7 Å². The van der Waals surface area contributed by atoms with Gasteiger partial charge in [-0.25, -0.2) is 4.98 Å². The van der Waals surface area contributed by atoms with Gasteiger partial charge in [0, 0.05) is 25.7 Å². The van der Waals surface area contributed by atoms with Crippen LogP contribution in [-0.2, 0) is 0 Å². The number of aromatic nitrogens is 1. The fourth-order valence-electron chi connectivity index (χ4n) is 1.89. The van der Waals surface area contributed by atoms with Crippen molar-refractivity contribution in [3.05, 3.63) is 17.0 Å². The number of carbonyl (C=O) groups excluding carboxylic acids is 1. The predicted molar refractivity (Wildman–Crippen MR) is 78.5 cm³/mol. The SMILES string of the molecule is C=C(C)CNC(=O)c1sc(N2CCC(N)C2)nc1N. The van der Waals surface area contributed by atoms with E-state index in [4.69, 9.17) is 11.5 Å². The Kier molecular flexibility index (Phi) is 4.06. The van der Waals surface area contributed by atoms with E-state index < -0.39 is 0 Å². The zero-order valence-corrected chi connectivity index (χ0v) is 11.8. The lowest BCUT2D eigenvalue weighted by molar-refractivity contribution is 0.0961. The molecule has 0 saturated carbocycles. The maximum Gasteiger partial charge on any atom is 0.265 e. The standard InChI is InChI=1S/C12H19N5OS/c1-7(2)5-15-11(18)9-10(14)16-12(19-9)17-4-3-8(13)6-17/h8H,1,3-6,13-14H2,2H3,(H,15,18). The maximum atomic E-state index is 12.0. The van der Waals surface area contributed by atoms with Crippen molar-refractivity contribution in [3.63, 3.8) is 0 Å². The van der Waals surface area contributed by atoms with E-state index in [0.29, 0.717) is 11.4 Å². The normalized spacial score (nSPS) is 18.6. The van der Waals surface area contributed by atoms with Crippen LogP contribution in [0.5, 0.6) is 0 Å². The molecule has 1 aromatic rings. The fraction of sp³-hybridized carbons (Fsp3) is 0.500. The van der Waals surface area contributed by atoms with Gasteiger partial charge in [-0.2, -0.15) is 0 Å². The van der Waals surface area contributed by atoms with Crippen LogP contribution in [0.25, 0.3) is 0 Å². The largest absolute Gasteiger partial charge is 0.382 e. The Balaban J connectivity index is 2.08. The van der Waals surface area contributed by atoms with Crippen LogP contribution in [0.1, 0.15) is 23.0 Å². The molecule has 1 fully saturated rings. The van der Waals surface area contributed by atoms with Crippen LogP contribution >= 0.6 is 11.3 Å². The van der Waals surface area contributed by atoms with Crippen molar-refractivity contribution in [2.75, 3.05) is 30.3 Å². The average Bonchev–Trinajstić information content (AvgIpc) is 2.92. The minimum Gasteiger partial charge on any atom is -0.382 e. The van der Waals surface area contributed by atoms with Crippen LogP contribution in [0.2, 0.25) is 0 Å². The van der Waals surface area contributed by atoms with E-state index in [2.05, 4.69) is 21.8 Å². The Morgan fingerprint density at radius 2 is 2.42 bits per heavy atom. The van der Waals surface area contributed by atoms with E-state index in [1.807, 2.05) is 6.92 Å². The molecule has 19 heavy (non-hydrogen) atoms. The third-order valence-corrected chi connectivity index (χ3v) is 4.02. The molecule has 104 valence electrons. The molecule has 0 aliphatic carbocycles. The number of amides is 1. The molecule has 2 rings (SSSR count). The maximum absolute atomic E-state index is 12.0. The first-order valence-electron chi connectivity index (χ1n) is 6.16. The monoisotopic (exact) mass is 281 g/mol. The molecule has 1 amide bonds. The highest BCUT2D eigenvalue weighted by molar-refractivity contribution is 7.18. The first-order valence-corrected chi connectivity index (χ1v) is 6.98. The van der Waals surface area contributed by atoms with Crippen molar-refractivity contribution >= 4 is 28.2 Å². The molecule has 1 aromatic heterocycles. The molecule has 7 heteroatoms. The molecule has 2 heterocycles. The van der Waals surface area contributed by atoms with Crippen molar-refractivity contribution in [1.82, 2.24) is 10.3 Å². The lowest BCUT2D eigenvalue weighted by Gasteiger charge is -2.12. The summed E-state index contributed by atoms with van der Waals surface area (Å²) in [5.74, 6) is 0.0763. The number of nitrogens with zero attached hydrogens (tertiary/aromatic N) is 2. The lowest BCUT2D eigenvalue weighted by atomic mass is 10.3. The third-order valence-electron chi connectivity index (χ3n) is 2.89. The summed E-state index contributed by atoms with van der Waals surface area (Å²) in [7, 11) is 0. The number of thiazole rings is 1. The van der Waals surface area contributed by atoms with Gasteiger partial charge in [0.2, 0.25) is 0 Å². The van der Waals surface area contributed by atoms with E-state index >= 15 is 0 Å². The summed E-state index contributed by atoms with van der Waals surface area (Å²) in [5.41, 5.74) is 12.6. The molecular formula is C12H19N5OS. The Morgan fingerprint density at radius 3 is 3.00 bits per heavy atom. The summed E-state index contributed by atoms with van der Waals surface area (Å²) in [6, 6.07) is 0.172. The smallest absolute Gasteiger partial charge is 0.265 e. The van der Waals surface area contributed by atoms with Gasteiger partial charge in [0.15, 0.2) is 5.13 Å². The van der Waals surface area contributed by atoms with Gasteiger partial charge in [-0.05, 0) is 13.3 Å². The van der Waals surface area contributed by atoms with Crippen molar-refractivity contribution < 1.29 is 4.79 Å². The number of anilines is 2. The van der Waals surface area contributed by atoms with Gasteiger partial charge >= 0.3 is 0 Å². The topological polar surface area (TPSA) is 97.3 Å². The lowest BCUT2D eigenvalue weighted by Crippen LogP contribution is -2.26. The molecule has 0 radical (unpaired) electrons. The summed E-state index contributed by atoms with van der Waals surface area (Å²) >= 11 is 1.31. The number of hydrogen-bond donors (Lipinski definition) is 3. The van der Waals surface area contributed by atoms with E-state index in [9.17, 15) is 4.79 Å². The number of nitrogens with one attached hydrogen (secondary N) is 1. The van der Waals surface area contributed by atoms with Crippen LogP contribution in [0, 0.1) is 0 Å². The molecule has 0 aromatic carbocycles. The second kappa shape index (κ2) is 5.58. The molecule has 0 bridgehead atoms. The molecule has 1 unspecified atom stereocenters. The quantitative estimate of drug-likeness (QED) is 0.701. The number of carbonyl (C=O) groups is 1. The van der Waals surface area contributed by atoms with Crippen molar-refractivity contribution in [1.29, 1.82) is 0 Å². The zero-order valence-electron chi connectivity index (χ0n) is 11.0. The fourth-order valence-corrected chi connectivity index (χ4v) is 2.83. The highest BCUT2D eigenvalue weighted by Gasteiger charge is 2.24. The molecule has 1 saturated heterocycles. The van der Waals surface area contributed by atoms with Gasteiger partial charge in [0.1, 0.15) is 10.7 Å². The van der Waals surface area contributed by atoms with E-state index in [1.54, 1.807) is 0 Å². The Labute approximate surface area is 116 Å². The molecule has 5 N–H and O–H groups in total. The van der Waals surface area contributed by atoms with Crippen LogP contribution in [0.15, 0.2) is 12.2 Å². The van der Waals surface area contributed by atoms with E-state index in [1.165, 1.54) is 11.3 Å². The Bertz CT molecular complexity index is 498. The van der Waals surface area contributed by atoms with Crippen molar-refractivity contribution in [2.45, 2.75) is 19.4 Å². The van der Waals surface area contributed by atoms with Gasteiger partial charge in [-0.15, -0.1) is 0 Å². The summed E-state index contributed by atoms with van der Waals surface area (Å²) in [6.45, 7) is 7.66. The van der Waals surface area contributed by atoms with E-state index in [0.717, 1.165) is 30.2 Å². The zero-order chi connectivity index (χ0) is 14.0. The summed E-state index contributed by atoms with van der Waals surface area (Å²) in [6.07, 6.45) is 0.941. The van der Waals surface area contributed by atoms with Gasteiger partial charge in [-0.1, -0.05) is 23.5 Å². The van der Waals surface area contributed by atoms with Crippen LogP contribution < -0.4 is 21.7 Å². The summed E-state index contributed by atoms with van der Waals surface area (Å²) < 4.78 is 0. The van der Waals surface area contributed by atoms with Gasteiger partial charge in [-0.3, -0.25) is 4.79 Å². The number of rotatable bonds is 4. The minimum absolute atomic E-state index is 0.172. The van der Waals surface area contributed by atoms with Crippen LogP contribution in [-0.4, -0.2) is 36.6 Å².